The lowest BCUT2D eigenvalue weighted by Crippen LogP contribution is -1.93. The van der Waals surface area contributed by atoms with E-state index in [0.717, 1.165) is 10.2 Å². The van der Waals surface area contributed by atoms with Crippen LogP contribution in [-0.4, -0.2) is 9.97 Å². The first-order chi connectivity index (χ1) is 5.27. The molecule has 5 heteroatoms. The lowest BCUT2D eigenvalue weighted by molar-refractivity contribution is 1.25. The van der Waals surface area contributed by atoms with E-state index in [-0.39, 0.29) is 5.95 Å². The zero-order valence-corrected chi connectivity index (χ0v) is 6.99. The number of nitrogens with two attached hydrogens (primary N) is 1. The van der Waals surface area contributed by atoms with Crippen LogP contribution >= 0.6 is 22.9 Å². The molecule has 0 aliphatic heterocycles. The van der Waals surface area contributed by atoms with Crippen LogP contribution in [0.2, 0.25) is 5.15 Å². The van der Waals surface area contributed by atoms with E-state index >= 15 is 0 Å². The fourth-order valence-corrected chi connectivity index (χ4v) is 1.87. The minimum Gasteiger partial charge on any atom is -0.368 e. The molecule has 2 N–H and O–H groups in total. The molecular weight excluding hydrogens is 182 g/mol. The first-order valence-electron chi connectivity index (χ1n) is 2.93. The van der Waals surface area contributed by atoms with Crippen LogP contribution in [0, 0.1) is 0 Å². The summed E-state index contributed by atoms with van der Waals surface area (Å²) in [5.74, 6) is 0.223. The molecule has 2 aromatic heterocycles. The molecule has 0 aromatic carbocycles. The quantitative estimate of drug-likeness (QED) is 0.638. The van der Waals surface area contributed by atoms with Crippen LogP contribution in [0.5, 0.6) is 0 Å². The average Bonchev–Trinajstić information content (AvgIpc) is 2.34. The highest BCUT2D eigenvalue weighted by Crippen LogP contribution is 2.25. The van der Waals surface area contributed by atoms with E-state index in [9.17, 15) is 0 Å². The third kappa shape index (κ3) is 1.04. The highest BCUT2D eigenvalue weighted by atomic mass is 35.5. The summed E-state index contributed by atoms with van der Waals surface area (Å²) in [6, 6.07) is 1.86. The van der Waals surface area contributed by atoms with Crippen molar-refractivity contribution in [2.45, 2.75) is 0 Å². The molecule has 0 amide bonds. The Morgan fingerprint density at radius 2 is 2.27 bits per heavy atom. The largest absolute Gasteiger partial charge is 0.368 e. The monoisotopic (exact) mass is 185 g/mol. The summed E-state index contributed by atoms with van der Waals surface area (Å²) >= 11 is 7.29. The third-order valence-electron chi connectivity index (χ3n) is 1.28. The third-order valence-corrected chi connectivity index (χ3v) is 2.58. The van der Waals surface area contributed by atoms with Crippen molar-refractivity contribution >= 4 is 39.1 Å². The Labute approximate surface area is 71.8 Å². The normalized spacial score (nSPS) is 10.6. The standard InChI is InChI=1S/C6H4ClN3S/c7-5-4-3(1-2-11-4)9-6(8)10-5/h1-2H,(H2,8,9,10). The van der Waals surface area contributed by atoms with E-state index in [0.29, 0.717) is 5.15 Å². The predicted octanol–water partition coefficient (Wildman–Crippen LogP) is 1.93. The van der Waals surface area contributed by atoms with Gasteiger partial charge in [-0.1, -0.05) is 11.6 Å². The van der Waals surface area contributed by atoms with E-state index in [1.54, 1.807) is 0 Å². The Bertz CT molecular complexity index is 398. The van der Waals surface area contributed by atoms with Gasteiger partial charge < -0.3 is 5.73 Å². The van der Waals surface area contributed by atoms with Gasteiger partial charge in [0.1, 0.15) is 0 Å². The summed E-state index contributed by atoms with van der Waals surface area (Å²) in [7, 11) is 0. The number of anilines is 1. The number of hydrogen-bond donors (Lipinski definition) is 1. The van der Waals surface area contributed by atoms with E-state index in [2.05, 4.69) is 9.97 Å². The van der Waals surface area contributed by atoms with E-state index in [1.165, 1.54) is 11.3 Å². The van der Waals surface area contributed by atoms with Gasteiger partial charge in [0.25, 0.3) is 0 Å². The van der Waals surface area contributed by atoms with Gasteiger partial charge in [-0.2, -0.15) is 4.98 Å². The van der Waals surface area contributed by atoms with Gasteiger partial charge in [0, 0.05) is 0 Å². The van der Waals surface area contributed by atoms with Gasteiger partial charge in [0.05, 0.1) is 10.2 Å². The summed E-state index contributed by atoms with van der Waals surface area (Å²) in [6.07, 6.45) is 0. The molecule has 0 unspecified atom stereocenters. The van der Waals surface area contributed by atoms with Crippen LogP contribution in [0.15, 0.2) is 11.4 Å². The van der Waals surface area contributed by atoms with E-state index in [4.69, 9.17) is 17.3 Å². The molecule has 0 aliphatic rings. The molecule has 3 nitrogen and oxygen atoms in total. The van der Waals surface area contributed by atoms with Crippen LogP contribution in [0.1, 0.15) is 0 Å². The van der Waals surface area contributed by atoms with Crippen molar-refractivity contribution in [3.8, 4) is 0 Å². The zero-order chi connectivity index (χ0) is 7.84. The summed E-state index contributed by atoms with van der Waals surface area (Å²) < 4.78 is 0.890. The first kappa shape index (κ1) is 6.82. The van der Waals surface area contributed by atoms with Crippen LogP contribution in [-0.2, 0) is 0 Å². The van der Waals surface area contributed by atoms with Crippen molar-refractivity contribution in [1.29, 1.82) is 0 Å². The highest BCUT2D eigenvalue weighted by Gasteiger charge is 2.03. The number of aromatic nitrogens is 2. The SMILES string of the molecule is Nc1nc(Cl)c2sccc2n1. The van der Waals surface area contributed by atoms with Gasteiger partial charge in [-0.25, -0.2) is 4.98 Å². The van der Waals surface area contributed by atoms with Gasteiger partial charge in [0.15, 0.2) is 5.15 Å². The second-order valence-electron chi connectivity index (χ2n) is 2.01. The molecule has 0 aliphatic carbocycles. The summed E-state index contributed by atoms with van der Waals surface area (Å²) in [5, 5.41) is 2.34. The van der Waals surface area contributed by atoms with E-state index < -0.39 is 0 Å². The summed E-state index contributed by atoms with van der Waals surface area (Å²) in [5.41, 5.74) is 6.19. The maximum atomic E-state index is 5.78. The second kappa shape index (κ2) is 2.32. The Hall–Kier alpha value is -0.870. The molecule has 0 radical (unpaired) electrons. The summed E-state index contributed by atoms with van der Waals surface area (Å²) in [6.45, 7) is 0. The van der Waals surface area contributed by atoms with E-state index in [1.807, 2.05) is 11.4 Å². The van der Waals surface area contributed by atoms with Crippen LogP contribution in [0.25, 0.3) is 10.2 Å². The fourth-order valence-electron chi connectivity index (χ4n) is 0.845. The number of halogens is 1. The number of hydrogen-bond acceptors (Lipinski definition) is 4. The highest BCUT2D eigenvalue weighted by molar-refractivity contribution is 7.17. The van der Waals surface area contributed by atoms with Gasteiger partial charge in [-0.15, -0.1) is 11.3 Å². The van der Waals surface area contributed by atoms with Crippen LogP contribution in [0.4, 0.5) is 5.95 Å². The van der Waals surface area contributed by atoms with Crippen molar-refractivity contribution in [2.75, 3.05) is 5.73 Å². The molecule has 0 fully saturated rings. The number of nitrogens with zero attached hydrogens (tertiary/aromatic N) is 2. The molecule has 0 bridgehead atoms. The lowest BCUT2D eigenvalue weighted by atomic mass is 10.5. The topological polar surface area (TPSA) is 51.8 Å². The van der Waals surface area contributed by atoms with Gasteiger partial charge in [0.2, 0.25) is 5.95 Å². The predicted molar refractivity (Wildman–Crippen MR) is 46.8 cm³/mol. The van der Waals surface area contributed by atoms with Crippen molar-refractivity contribution in [1.82, 2.24) is 9.97 Å². The zero-order valence-electron chi connectivity index (χ0n) is 5.41. The molecule has 2 heterocycles. The smallest absolute Gasteiger partial charge is 0.222 e. The molecule has 56 valence electrons. The van der Waals surface area contributed by atoms with Crippen molar-refractivity contribution in [3.05, 3.63) is 16.6 Å². The maximum absolute atomic E-state index is 5.78. The molecule has 0 saturated heterocycles. The van der Waals surface area contributed by atoms with Crippen molar-refractivity contribution in [2.24, 2.45) is 0 Å². The number of thiophene rings is 1. The molecule has 0 saturated carbocycles. The maximum Gasteiger partial charge on any atom is 0.222 e. The Morgan fingerprint density at radius 1 is 1.45 bits per heavy atom. The second-order valence-corrected chi connectivity index (χ2v) is 3.28. The Balaban J connectivity index is 2.91. The van der Waals surface area contributed by atoms with Gasteiger partial charge >= 0.3 is 0 Å². The van der Waals surface area contributed by atoms with Crippen LogP contribution < -0.4 is 5.73 Å². The average molecular weight is 186 g/mol. The Kier molecular flexibility index (Phi) is 1.44. The summed E-state index contributed by atoms with van der Waals surface area (Å²) in [4.78, 5) is 7.81. The molecular formula is C6H4ClN3S. The van der Waals surface area contributed by atoms with Crippen LogP contribution in [0.3, 0.4) is 0 Å². The first-order valence-corrected chi connectivity index (χ1v) is 4.19. The number of rotatable bonds is 0. The van der Waals surface area contributed by atoms with Crippen molar-refractivity contribution in [3.63, 3.8) is 0 Å². The minimum absolute atomic E-state index is 0.223. The minimum atomic E-state index is 0.223. The molecule has 2 aromatic rings. The lowest BCUT2D eigenvalue weighted by Gasteiger charge is -1.93. The number of nitrogen functional groups attached to an aromatic ring is 1. The molecule has 11 heavy (non-hydrogen) atoms. The van der Waals surface area contributed by atoms with Gasteiger partial charge in [-0.3, -0.25) is 0 Å². The Morgan fingerprint density at radius 3 is 3.09 bits per heavy atom. The molecule has 0 spiro atoms. The molecule has 0 atom stereocenters. The van der Waals surface area contributed by atoms with Crippen molar-refractivity contribution < 1.29 is 0 Å². The fraction of sp³-hybridized carbons (Fsp3) is 0. The number of fused-ring (bicyclic) bond motifs is 1. The van der Waals surface area contributed by atoms with Gasteiger partial charge in [-0.05, 0) is 11.4 Å². The molecule has 2 rings (SSSR count).